The first-order valence-electron chi connectivity index (χ1n) is 7.52. The number of ether oxygens (including phenoxy) is 1. The predicted octanol–water partition coefficient (Wildman–Crippen LogP) is 3.73. The molecule has 0 bridgehead atoms. The number of rotatable bonds is 4. The van der Waals surface area contributed by atoms with E-state index >= 15 is 0 Å². The lowest BCUT2D eigenvalue weighted by atomic mass is 10.2. The number of nitrogens with zero attached hydrogens (tertiary/aromatic N) is 2. The van der Waals surface area contributed by atoms with Crippen LogP contribution >= 0.6 is 23.2 Å². The zero-order chi connectivity index (χ0) is 18.8. The largest absolute Gasteiger partial charge is 0.618 e. The van der Waals surface area contributed by atoms with Crippen molar-refractivity contribution in [3.63, 3.8) is 0 Å². The summed E-state index contributed by atoms with van der Waals surface area (Å²) in [6, 6.07) is 11.1. The van der Waals surface area contributed by atoms with E-state index in [1.54, 1.807) is 30.3 Å². The van der Waals surface area contributed by atoms with Gasteiger partial charge in [0.1, 0.15) is 12.1 Å². The van der Waals surface area contributed by atoms with Crippen LogP contribution in [-0.2, 0) is 11.3 Å². The zero-order valence-corrected chi connectivity index (χ0v) is 15.0. The normalized spacial score (nSPS) is 10.7. The Bertz CT molecular complexity index is 1020. The fraction of sp³-hybridized carbons (Fsp3) is 0.111. The van der Waals surface area contributed by atoms with Crippen molar-refractivity contribution in [2.45, 2.75) is 13.5 Å². The minimum absolute atomic E-state index is 0.0441. The van der Waals surface area contributed by atoms with E-state index < -0.39 is 11.8 Å². The van der Waals surface area contributed by atoms with E-state index in [9.17, 15) is 14.8 Å². The van der Waals surface area contributed by atoms with Gasteiger partial charge in [-0.05, 0) is 18.2 Å². The number of ketones is 1. The molecule has 2 aromatic carbocycles. The van der Waals surface area contributed by atoms with Crippen molar-refractivity contribution in [2.75, 3.05) is 0 Å². The summed E-state index contributed by atoms with van der Waals surface area (Å²) in [4.78, 5) is 28.3. The highest BCUT2D eigenvalue weighted by Gasteiger charge is 2.25. The van der Waals surface area contributed by atoms with E-state index in [0.29, 0.717) is 10.3 Å². The first-order valence-corrected chi connectivity index (χ1v) is 8.28. The number of fused-ring (bicyclic) bond motifs is 1. The third-order valence-corrected chi connectivity index (χ3v) is 4.37. The van der Waals surface area contributed by atoms with Gasteiger partial charge in [-0.25, -0.2) is 9.78 Å². The second-order valence-corrected chi connectivity index (χ2v) is 6.27. The summed E-state index contributed by atoms with van der Waals surface area (Å²) < 4.78 is 5.63. The highest BCUT2D eigenvalue weighted by Crippen LogP contribution is 2.26. The number of hydrogen-bond acceptors (Lipinski definition) is 5. The van der Waals surface area contributed by atoms with E-state index in [2.05, 4.69) is 4.98 Å². The molecule has 26 heavy (non-hydrogen) atoms. The maximum Gasteiger partial charge on any atom is 0.338 e. The number of esters is 1. The monoisotopic (exact) mass is 390 g/mol. The number of hydrogen-bond donors (Lipinski definition) is 0. The van der Waals surface area contributed by atoms with Crippen LogP contribution in [0.2, 0.25) is 10.0 Å². The summed E-state index contributed by atoms with van der Waals surface area (Å²) in [6.07, 6.45) is 0. The molecule has 0 saturated carbocycles. The van der Waals surface area contributed by atoms with Gasteiger partial charge in [0.2, 0.25) is 11.3 Å². The zero-order valence-electron chi connectivity index (χ0n) is 13.5. The van der Waals surface area contributed by atoms with Crippen molar-refractivity contribution in [1.29, 1.82) is 0 Å². The summed E-state index contributed by atoms with van der Waals surface area (Å²) in [7, 11) is 0. The van der Waals surface area contributed by atoms with Gasteiger partial charge in [0.15, 0.2) is 5.69 Å². The predicted molar refractivity (Wildman–Crippen MR) is 96.3 cm³/mol. The fourth-order valence-corrected chi connectivity index (χ4v) is 2.77. The maximum absolute atomic E-state index is 12.6. The summed E-state index contributed by atoms with van der Waals surface area (Å²) in [6.45, 7) is 0.901. The van der Waals surface area contributed by atoms with Gasteiger partial charge in [0.25, 0.3) is 5.69 Å². The lowest BCUT2D eigenvalue weighted by Crippen LogP contribution is -2.37. The van der Waals surface area contributed by atoms with Crippen LogP contribution in [0, 0.1) is 5.21 Å². The number of aromatic nitrogens is 2. The molecule has 0 aliphatic rings. The number of carbonyl (C=O) groups is 2. The van der Waals surface area contributed by atoms with Gasteiger partial charge in [0.05, 0.1) is 15.6 Å². The molecular weight excluding hydrogens is 379 g/mol. The Hall–Kier alpha value is -2.70. The minimum Gasteiger partial charge on any atom is -0.618 e. The van der Waals surface area contributed by atoms with Gasteiger partial charge < -0.3 is 9.94 Å². The van der Waals surface area contributed by atoms with Crippen LogP contribution in [0.4, 0.5) is 0 Å². The standard InChI is InChI=1S/C18H12Cl2N2O4/c1-10(23)17-15(9-26-18(24)11-5-3-2-4-6-11)21-14-7-12(19)13(20)8-16(14)22(17)25/h2-8H,9H2,1H3. The van der Waals surface area contributed by atoms with Crippen LogP contribution in [0.25, 0.3) is 11.0 Å². The van der Waals surface area contributed by atoms with Gasteiger partial charge in [0, 0.05) is 13.0 Å². The molecule has 3 aromatic rings. The molecule has 0 unspecified atom stereocenters. The van der Waals surface area contributed by atoms with E-state index in [4.69, 9.17) is 27.9 Å². The maximum atomic E-state index is 12.6. The highest BCUT2D eigenvalue weighted by atomic mass is 35.5. The molecule has 0 radical (unpaired) electrons. The van der Waals surface area contributed by atoms with Crippen LogP contribution < -0.4 is 4.73 Å². The molecule has 0 aliphatic heterocycles. The third kappa shape index (κ3) is 3.47. The second-order valence-electron chi connectivity index (χ2n) is 5.45. The lowest BCUT2D eigenvalue weighted by Gasteiger charge is -2.11. The first kappa shape index (κ1) is 18.1. The van der Waals surface area contributed by atoms with Crippen molar-refractivity contribution < 1.29 is 19.1 Å². The Balaban J connectivity index is 2.01. The molecule has 0 aliphatic carbocycles. The van der Waals surface area contributed by atoms with Gasteiger partial charge in [-0.2, -0.15) is 4.73 Å². The highest BCUT2D eigenvalue weighted by molar-refractivity contribution is 6.42. The van der Waals surface area contributed by atoms with Gasteiger partial charge in [-0.1, -0.05) is 41.4 Å². The smallest absolute Gasteiger partial charge is 0.338 e. The summed E-state index contributed by atoms with van der Waals surface area (Å²) in [5, 5.41) is 13.0. The molecular formula is C18H12Cl2N2O4. The SMILES string of the molecule is CC(=O)c1c(COC(=O)c2ccccc2)nc2cc(Cl)c(Cl)cc2[n+]1[O-]. The van der Waals surface area contributed by atoms with E-state index in [1.807, 2.05) is 0 Å². The van der Waals surface area contributed by atoms with Crippen molar-refractivity contribution in [3.05, 3.63) is 74.7 Å². The van der Waals surface area contributed by atoms with Crippen molar-refractivity contribution in [2.24, 2.45) is 0 Å². The second kappa shape index (κ2) is 7.27. The average molecular weight is 391 g/mol. The molecule has 1 aromatic heterocycles. The Kier molecular flexibility index (Phi) is 5.06. The molecule has 0 fully saturated rings. The van der Waals surface area contributed by atoms with E-state index in [1.165, 1.54) is 19.1 Å². The van der Waals surface area contributed by atoms with Gasteiger partial charge in [-0.15, -0.1) is 0 Å². The third-order valence-electron chi connectivity index (χ3n) is 3.65. The Labute approximate surface area is 158 Å². The number of carbonyl (C=O) groups excluding carboxylic acids is 2. The first-order chi connectivity index (χ1) is 12.4. The molecule has 0 amide bonds. The van der Waals surface area contributed by atoms with Gasteiger partial charge >= 0.3 is 5.97 Å². The number of benzene rings is 2. The van der Waals surface area contributed by atoms with E-state index in [-0.39, 0.29) is 39.1 Å². The van der Waals surface area contributed by atoms with Crippen molar-refractivity contribution in [3.8, 4) is 0 Å². The number of halogens is 2. The summed E-state index contributed by atoms with van der Waals surface area (Å²) in [5.41, 5.74) is 0.523. The Morgan fingerprint density at radius 1 is 1.15 bits per heavy atom. The quantitative estimate of drug-likeness (QED) is 0.293. The van der Waals surface area contributed by atoms with Crippen LogP contribution in [0.3, 0.4) is 0 Å². The summed E-state index contributed by atoms with van der Waals surface area (Å²) >= 11 is 11.9. The molecule has 0 spiro atoms. The molecule has 1 heterocycles. The van der Waals surface area contributed by atoms with Crippen LogP contribution in [-0.4, -0.2) is 16.7 Å². The fourth-order valence-electron chi connectivity index (χ4n) is 2.45. The Morgan fingerprint density at radius 2 is 1.81 bits per heavy atom. The van der Waals surface area contributed by atoms with Crippen molar-refractivity contribution in [1.82, 2.24) is 4.98 Å². The van der Waals surface area contributed by atoms with Gasteiger partial charge in [-0.3, -0.25) is 4.79 Å². The van der Waals surface area contributed by atoms with Crippen LogP contribution in [0.1, 0.15) is 33.5 Å². The molecule has 3 rings (SSSR count). The molecule has 0 N–H and O–H groups in total. The minimum atomic E-state index is -0.589. The molecule has 8 heteroatoms. The van der Waals surface area contributed by atoms with Crippen LogP contribution in [0.5, 0.6) is 0 Å². The molecule has 132 valence electrons. The average Bonchev–Trinajstić information content (AvgIpc) is 2.62. The molecule has 0 saturated heterocycles. The topological polar surface area (TPSA) is 83.2 Å². The molecule has 6 nitrogen and oxygen atoms in total. The van der Waals surface area contributed by atoms with E-state index in [0.717, 1.165) is 0 Å². The number of Topliss-reactive ketones (excluding diaryl/α,β-unsaturated/α-hetero) is 1. The Morgan fingerprint density at radius 3 is 2.46 bits per heavy atom. The van der Waals surface area contributed by atoms with Crippen LogP contribution in [0.15, 0.2) is 42.5 Å². The summed E-state index contributed by atoms with van der Waals surface area (Å²) in [5.74, 6) is -1.10. The lowest BCUT2D eigenvalue weighted by molar-refractivity contribution is -0.580. The van der Waals surface area contributed by atoms with Crippen molar-refractivity contribution >= 4 is 46.0 Å². The molecule has 0 atom stereocenters.